The van der Waals surface area contributed by atoms with Crippen LogP contribution in [0.3, 0.4) is 0 Å². The Bertz CT molecular complexity index is 1080. The topological polar surface area (TPSA) is 75.4 Å². The SMILES string of the molecule is CCC1(c2ccc(Cl)cc2)NC(=O)N(Cc2ncc(-c3cccc(Cl)c3)o2)C1=O. The minimum atomic E-state index is -1.13. The van der Waals surface area contributed by atoms with Crippen LogP contribution < -0.4 is 5.32 Å². The molecule has 1 saturated heterocycles. The van der Waals surface area contributed by atoms with E-state index in [0.717, 1.165) is 10.5 Å². The number of amides is 3. The molecule has 3 amide bonds. The fraction of sp³-hybridized carbons (Fsp3) is 0.190. The van der Waals surface area contributed by atoms with E-state index < -0.39 is 11.6 Å². The number of carbonyl (C=O) groups is 2. The number of aromatic nitrogens is 1. The number of benzene rings is 2. The van der Waals surface area contributed by atoms with Crippen LogP contribution in [0.4, 0.5) is 4.79 Å². The molecule has 1 aromatic heterocycles. The second-order valence-corrected chi connectivity index (χ2v) is 7.59. The van der Waals surface area contributed by atoms with Gasteiger partial charge in [-0.15, -0.1) is 0 Å². The number of nitrogens with zero attached hydrogens (tertiary/aromatic N) is 2. The summed E-state index contributed by atoms with van der Waals surface area (Å²) in [5, 5.41) is 3.96. The van der Waals surface area contributed by atoms with Gasteiger partial charge in [0.25, 0.3) is 5.91 Å². The molecular formula is C21H17Cl2N3O3. The van der Waals surface area contributed by atoms with Crippen molar-refractivity contribution >= 4 is 35.1 Å². The van der Waals surface area contributed by atoms with Crippen LogP contribution in [0.25, 0.3) is 11.3 Å². The van der Waals surface area contributed by atoms with Gasteiger partial charge in [-0.3, -0.25) is 9.69 Å². The van der Waals surface area contributed by atoms with Crippen LogP contribution in [0.1, 0.15) is 24.8 Å². The van der Waals surface area contributed by atoms with E-state index in [-0.39, 0.29) is 18.3 Å². The van der Waals surface area contributed by atoms with Gasteiger partial charge in [-0.25, -0.2) is 9.78 Å². The molecule has 0 spiro atoms. The minimum absolute atomic E-state index is 0.0689. The average Bonchev–Trinajstić information content (AvgIpc) is 3.28. The number of carbonyl (C=O) groups excluding carboxylic acids is 2. The van der Waals surface area contributed by atoms with Gasteiger partial charge in [0, 0.05) is 15.6 Å². The summed E-state index contributed by atoms with van der Waals surface area (Å²) >= 11 is 12.0. The van der Waals surface area contributed by atoms with Crippen molar-refractivity contribution in [2.24, 2.45) is 0 Å². The van der Waals surface area contributed by atoms with Gasteiger partial charge in [-0.1, -0.05) is 54.4 Å². The summed E-state index contributed by atoms with van der Waals surface area (Å²) in [6.07, 6.45) is 1.95. The minimum Gasteiger partial charge on any atom is -0.439 e. The first kappa shape index (κ1) is 19.5. The zero-order chi connectivity index (χ0) is 20.6. The number of imide groups is 1. The van der Waals surface area contributed by atoms with Crippen molar-refractivity contribution in [1.82, 2.24) is 15.2 Å². The van der Waals surface area contributed by atoms with Crippen molar-refractivity contribution in [2.75, 3.05) is 0 Å². The van der Waals surface area contributed by atoms with E-state index in [1.807, 2.05) is 13.0 Å². The first-order valence-electron chi connectivity index (χ1n) is 9.04. The Morgan fingerprint density at radius 2 is 1.86 bits per heavy atom. The van der Waals surface area contributed by atoms with E-state index in [1.54, 1.807) is 48.7 Å². The van der Waals surface area contributed by atoms with Crippen LogP contribution in [0, 0.1) is 0 Å². The third-order valence-electron chi connectivity index (χ3n) is 5.00. The molecule has 8 heteroatoms. The summed E-state index contributed by atoms with van der Waals surface area (Å²) in [5.41, 5.74) is 0.305. The zero-order valence-electron chi connectivity index (χ0n) is 15.5. The summed E-state index contributed by atoms with van der Waals surface area (Å²) in [7, 11) is 0. The number of oxazole rings is 1. The predicted molar refractivity (Wildman–Crippen MR) is 109 cm³/mol. The predicted octanol–water partition coefficient (Wildman–Crippen LogP) is 5.01. The summed E-state index contributed by atoms with van der Waals surface area (Å²) in [5.74, 6) is 0.412. The van der Waals surface area contributed by atoms with Crippen LogP contribution in [-0.4, -0.2) is 21.8 Å². The summed E-state index contributed by atoms with van der Waals surface area (Å²) in [4.78, 5) is 31.1. The van der Waals surface area contributed by atoms with Crippen LogP contribution in [0.5, 0.6) is 0 Å². The first-order chi connectivity index (χ1) is 13.9. The third-order valence-corrected chi connectivity index (χ3v) is 5.49. The van der Waals surface area contributed by atoms with E-state index in [1.165, 1.54) is 0 Å². The van der Waals surface area contributed by atoms with Crippen molar-refractivity contribution in [1.29, 1.82) is 0 Å². The van der Waals surface area contributed by atoms with Gasteiger partial charge in [0.15, 0.2) is 5.76 Å². The van der Waals surface area contributed by atoms with E-state index in [4.69, 9.17) is 27.6 Å². The van der Waals surface area contributed by atoms with Crippen molar-refractivity contribution in [3.8, 4) is 11.3 Å². The van der Waals surface area contributed by atoms with Gasteiger partial charge < -0.3 is 9.73 Å². The van der Waals surface area contributed by atoms with Gasteiger partial charge in [0.1, 0.15) is 12.1 Å². The van der Waals surface area contributed by atoms with E-state index in [0.29, 0.717) is 27.8 Å². The lowest BCUT2D eigenvalue weighted by molar-refractivity contribution is -0.132. The van der Waals surface area contributed by atoms with E-state index in [9.17, 15) is 9.59 Å². The lowest BCUT2D eigenvalue weighted by atomic mass is 9.87. The summed E-state index contributed by atoms with van der Waals surface area (Å²) in [6, 6.07) is 13.6. The quantitative estimate of drug-likeness (QED) is 0.578. The second-order valence-electron chi connectivity index (χ2n) is 6.72. The monoisotopic (exact) mass is 429 g/mol. The normalized spacial score (nSPS) is 18.9. The molecule has 6 nitrogen and oxygen atoms in total. The zero-order valence-corrected chi connectivity index (χ0v) is 17.0. The smallest absolute Gasteiger partial charge is 0.325 e. The highest BCUT2D eigenvalue weighted by molar-refractivity contribution is 6.31. The maximum absolute atomic E-state index is 13.2. The van der Waals surface area contributed by atoms with Crippen LogP contribution >= 0.6 is 23.2 Å². The molecule has 4 rings (SSSR count). The second kappa shape index (κ2) is 7.54. The molecule has 0 aliphatic carbocycles. The summed E-state index contributed by atoms with van der Waals surface area (Å²) in [6.45, 7) is 1.78. The number of hydrogen-bond donors (Lipinski definition) is 1. The van der Waals surface area contributed by atoms with E-state index in [2.05, 4.69) is 10.3 Å². The third kappa shape index (κ3) is 3.50. The lowest BCUT2D eigenvalue weighted by Crippen LogP contribution is -2.43. The Morgan fingerprint density at radius 3 is 2.55 bits per heavy atom. The molecule has 1 atom stereocenters. The van der Waals surface area contributed by atoms with Crippen LogP contribution in [0.15, 0.2) is 59.1 Å². The molecule has 2 heterocycles. The molecule has 0 bridgehead atoms. The molecule has 0 saturated carbocycles. The number of hydrogen-bond acceptors (Lipinski definition) is 4. The Balaban J connectivity index is 1.59. The fourth-order valence-electron chi connectivity index (χ4n) is 3.44. The van der Waals surface area contributed by atoms with Gasteiger partial charge in [0.2, 0.25) is 5.89 Å². The fourth-order valence-corrected chi connectivity index (χ4v) is 3.75. The molecule has 3 aromatic rings. The number of urea groups is 1. The largest absolute Gasteiger partial charge is 0.439 e. The van der Waals surface area contributed by atoms with Gasteiger partial charge in [-0.2, -0.15) is 0 Å². The van der Waals surface area contributed by atoms with Crippen molar-refractivity contribution in [2.45, 2.75) is 25.4 Å². The molecule has 1 N–H and O–H groups in total. The highest BCUT2D eigenvalue weighted by Gasteiger charge is 2.51. The van der Waals surface area contributed by atoms with Crippen LogP contribution in [-0.2, 0) is 16.9 Å². The summed E-state index contributed by atoms with van der Waals surface area (Å²) < 4.78 is 5.75. The Morgan fingerprint density at radius 1 is 1.10 bits per heavy atom. The van der Waals surface area contributed by atoms with Crippen molar-refractivity contribution in [3.05, 3.63) is 76.2 Å². The molecule has 1 aliphatic rings. The molecule has 1 fully saturated rings. The molecule has 2 aromatic carbocycles. The standard InChI is InChI=1S/C21H17Cl2N3O3/c1-2-21(14-6-8-15(22)9-7-14)19(27)26(20(28)25-21)12-18-24-11-17(29-18)13-4-3-5-16(23)10-13/h3-11H,2,12H2,1H3,(H,25,28). The molecular weight excluding hydrogens is 413 g/mol. The highest BCUT2D eigenvalue weighted by Crippen LogP contribution is 2.34. The number of rotatable bonds is 5. The van der Waals surface area contributed by atoms with E-state index >= 15 is 0 Å². The average molecular weight is 430 g/mol. The molecule has 1 unspecified atom stereocenters. The maximum Gasteiger partial charge on any atom is 0.325 e. The molecule has 0 radical (unpaired) electrons. The highest BCUT2D eigenvalue weighted by atomic mass is 35.5. The Labute approximate surface area is 177 Å². The molecule has 29 heavy (non-hydrogen) atoms. The maximum atomic E-state index is 13.2. The van der Waals surface area contributed by atoms with Gasteiger partial charge >= 0.3 is 6.03 Å². The Hall–Kier alpha value is -2.83. The van der Waals surface area contributed by atoms with Crippen LogP contribution in [0.2, 0.25) is 10.0 Å². The number of halogens is 2. The van der Waals surface area contributed by atoms with Gasteiger partial charge in [0.05, 0.1) is 6.20 Å². The first-order valence-corrected chi connectivity index (χ1v) is 9.79. The molecule has 148 valence electrons. The Kier molecular flexibility index (Phi) is 5.06. The number of nitrogens with one attached hydrogen (secondary N) is 1. The van der Waals surface area contributed by atoms with Crippen molar-refractivity contribution in [3.63, 3.8) is 0 Å². The molecule has 1 aliphatic heterocycles. The van der Waals surface area contributed by atoms with Crippen molar-refractivity contribution < 1.29 is 14.0 Å². The van der Waals surface area contributed by atoms with Gasteiger partial charge in [-0.05, 0) is 36.2 Å². The lowest BCUT2D eigenvalue weighted by Gasteiger charge is -2.25.